The highest BCUT2D eigenvalue weighted by Gasteiger charge is 2.10. The van der Waals surface area contributed by atoms with Crippen molar-refractivity contribution in [3.8, 4) is 0 Å². The Morgan fingerprint density at radius 3 is 1.52 bits per heavy atom. The quantitative estimate of drug-likeness (QED) is 0.185. The van der Waals surface area contributed by atoms with E-state index >= 15 is 0 Å². The molecule has 2 atom stereocenters. The molecule has 252 valence electrons. The molecule has 0 aliphatic heterocycles. The standard InChI is InChI=1S/C16H20FN3O2.C9H12FN.C7H9ClN2O2.CH4/c1-10(2)20-15(21)9-14(19-16(20)22)18-11(3)8-12-4-6-13(17)7-5-12;1-7(11)6-8-2-4-9(10)5-3-8;1-4(2)10-6(11)3-5(8)9-7(10)12;/h4-7,9-11,18H,8H2,1-3H3,(H,19,22);2-5,7H,6,11H2,1H3;3-4H,1-2H3,(H,9,12);1H4/t11-;7-;;/m00../s1. The smallest absolute Gasteiger partial charge is 0.330 e. The largest absolute Gasteiger partial charge is 0.369 e. The van der Waals surface area contributed by atoms with Gasteiger partial charge in [-0.3, -0.25) is 28.7 Å². The first-order valence-corrected chi connectivity index (χ1v) is 14.8. The van der Waals surface area contributed by atoms with Gasteiger partial charge in [0.15, 0.2) is 0 Å². The molecule has 0 amide bonds. The summed E-state index contributed by atoms with van der Waals surface area (Å²) in [6.07, 6.45) is 1.45. The molecule has 0 radical (unpaired) electrons. The Kier molecular flexibility index (Phi) is 16.1. The fourth-order valence-electron chi connectivity index (χ4n) is 4.32. The monoisotopic (exact) mass is 662 g/mol. The van der Waals surface area contributed by atoms with Crippen LogP contribution < -0.4 is 33.5 Å². The number of rotatable bonds is 8. The van der Waals surface area contributed by atoms with E-state index < -0.39 is 11.4 Å². The molecule has 0 aliphatic carbocycles. The van der Waals surface area contributed by atoms with Crippen LogP contribution in [0.3, 0.4) is 0 Å². The van der Waals surface area contributed by atoms with E-state index in [0.717, 1.165) is 26.7 Å². The molecular weight excluding hydrogens is 618 g/mol. The van der Waals surface area contributed by atoms with E-state index in [9.17, 15) is 28.0 Å². The lowest BCUT2D eigenvalue weighted by Gasteiger charge is -2.16. The minimum atomic E-state index is -0.470. The minimum absolute atomic E-state index is 0. The summed E-state index contributed by atoms with van der Waals surface area (Å²) >= 11 is 5.46. The first-order valence-electron chi connectivity index (χ1n) is 14.5. The summed E-state index contributed by atoms with van der Waals surface area (Å²) in [5.74, 6) is -0.0778. The topological polar surface area (TPSA) is 148 Å². The van der Waals surface area contributed by atoms with Crippen LogP contribution in [0.5, 0.6) is 0 Å². The van der Waals surface area contributed by atoms with E-state index in [2.05, 4.69) is 15.3 Å². The third kappa shape index (κ3) is 13.0. The molecule has 46 heavy (non-hydrogen) atoms. The molecule has 4 rings (SSSR count). The van der Waals surface area contributed by atoms with Crippen LogP contribution in [-0.4, -0.2) is 31.2 Å². The highest BCUT2D eigenvalue weighted by molar-refractivity contribution is 6.29. The zero-order chi connectivity index (χ0) is 33.8. The second kappa shape index (κ2) is 18.6. The third-order valence-corrected chi connectivity index (χ3v) is 6.46. The predicted octanol–water partition coefficient (Wildman–Crippen LogP) is 5.42. The van der Waals surface area contributed by atoms with Gasteiger partial charge in [0.25, 0.3) is 11.1 Å². The summed E-state index contributed by atoms with van der Waals surface area (Å²) in [4.78, 5) is 51.1. The van der Waals surface area contributed by atoms with E-state index in [4.69, 9.17) is 17.3 Å². The molecular formula is C33H45ClF2N6O4. The number of nitrogens with two attached hydrogens (primary N) is 1. The molecule has 2 heterocycles. The van der Waals surface area contributed by atoms with Crippen molar-refractivity contribution in [3.63, 3.8) is 0 Å². The van der Waals surface area contributed by atoms with Crippen LogP contribution in [0.4, 0.5) is 14.6 Å². The van der Waals surface area contributed by atoms with Crippen LogP contribution in [-0.2, 0) is 12.8 Å². The van der Waals surface area contributed by atoms with E-state index in [1.807, 2.05) is 13.8 Å². The average molecular weight is 663 g/mol. The number of aromatic amines is 2. The van der Waals surface area contributed by atoms with Gasteiger partial charge < -0.3 is 11.1 Å². The number of nitrogens with one attached hydrogen (secondary N) is 3. The van der Waals surface area contributed by atoms with Gasteiger partial charge in [-0.25, -0.2) is 18.4 Å². The lowest BCUT2D eigenvalue weighted by Crippen LogP contribution is -2.37. The lowest BCUT2D eigenvalue weighted by molar-refractivity contribution is 0.546. The molecule has 13 heteroatoms. The first-order chi connectivity index (χ1) is 21.1. The number of benzene rings is 2. The number of hydrogen-bond donors (Lipinski definition) is 4. The van der Waals surface area contributed by atoms with Gasteiger partial charge in [-0.15, -0.1) is 0 Å². The molecule has 0 saturated heterocycles. The molecule has 0 bridgehead atoms. The van der Waals surface area contributed by atoms with Gasteiger partial charge in [0, 0.05) is 36.3 Å². The van der Waals surface area contributed by atoms with Gasteiger partial charge in [0.2, 0.25) is 0 Å². The Morgan fingerprint density at radius 2 is 1.13 bits per heavy atom. The SMILES string of the molecule is C.CC(C)n1c(=O)cc(Cl)[nH]c1=O.CC(C)n1c(=O)cc(N[C@@H](C)Cc2ccc(F)cc2)[nH]c1=O.C[C@H](N)Cc1ccc(F)cc1. The fourth-order valence-corrected chi connectivity index (χ4v) is 4.49. The van der Waals surface area contributed by atoms with Gasteiger partial charge >= 0.3 is 11.4 Å². The Hall–Kier alpha value is -4.29. The van der Waals surface area contributed by atoms with E-state index in [-0.39, 0.29) is 59.5 Å². The summed E-state index contributed by atoms with van der Waals surface area (Å²) in [6, 6.07) is 15.0. The van der Waals surface area contributed by atoms with Crippen LogP contribution in [0, 0.1) is 11.6 Å². The molecule has 5 N–H and O–H groups in total. The number of H-pyrrole nitrogens is 2. The van der Waals surface area contributed by atoms with Crippen molar-refractivity contribution in [2.24, 2.45) is 5.73 Å². The maximum absolute atomic E-state index is 12.9. The third-order valence-electron chi connectivity index (χ3n) is 6.26. The van der Waals surface area contributed by atoms with Crippen molar-refractivity contribution in [1.29, 1.82) is 0 Å². The van der Waals surface area contributed by atoms with Crippen molar-refractivity contribution in [1.82, 2.24) is 19.1 Å². The van der Waals surface area contributed by atoms with Gasteiger partial charge in [-0.05, 0) is 89.8 Å². The molecule has 4 aromatic rings. The van der Waals surface area contributed by atoms with Gasteiger partial charge in [0.1, 0.15) is 22.6 Å². The van der Waals surface area contributed by atoms with Gasteiger partial charge in [-0.1, -0.05) is 43.3 Å². The highest BCUT2D eigenvalue weighted by Crippen LogP contribution is 2.09. The van der Waals surface area contributed by atoms with Crippen molar-refractivity contribution in [2.75, 3.05) is 5.32 Å². The number of anilines is 1. The second-order valence-electron chi connectivity index (χ2n) is 11.2. The predicted molar refractivity (Wildman–Crippen MR) is 182 cm³/mol. The average Bonchev–Trinajstić information content (AvgIpc) is 2.90. The lowest BCUT2D eigenvalue weighted by atomic mass is 10.1. The van der Waals surface area contributed by atoms with E-state index in [1.165, 1.54) is 36.4 Å². The minimum Gasteiger partial charge on any atom is -0.369 e. The maximum atomic E-state index is 12.9. The zero-order valence-electron chi connectivity index (χ0n) is 26.2. The summed E-state index contributed by atoms with van der Waals surface area (Å²) < 4.78 is 27.5. The molecule has 0 saturated carbocycles. The second-order valence-corrected chi connectivity index (χ2v) is 11.6. The van der Waals surface area contributed by atoms with Crippen molar-refractivity contribution in [3.05, 3.63) is 130 Å². The van der Waals surface area contributed by atoms with Crippen LogP contribution >= 0.6 is 11.6 Å². The van der Waals surface area contributed by atoms with Crippen LogP contribution in [0.2, 0.25) is 5.15 Å². The summed E-state index contributed by atoms with van der Waals surface area (Å²) in [6.45, 7) is 10.9. The Balaban J connectivity index is 0.000000374. The molecule has 2 aromatic carbocycles. The summed E-state index contributed by atoms with van der Waals surface area (Å²) in [7, 11) is 0. The summed E-state index contributed by atoms with van der Waals surface area (Å²) in [5, 5.41) is 3.16. The molecule has 0 spiro atoms. The van der Waals surface area contributed by atoms with E-state index in [0.29, 0.717) is 12.2 Å². The van der Waals surface area contributed by atoms with Gasteiger partial charge in [0.05, 0.1) is 0 Å². The highest BCUT2D eigenvalue weighted by atomic mass is 35.5. The summed E-state index contributed by atoms with van der Waals surface area (Å²) in [5.41, 5.74) is 6.01. The number of nitrogens with zero attached hydrogens (tertiary/aromatic N) is 2. The zero-order valence-corrected chi connectivity index (χ0v) is 27.0. The fraction of sp³-hybridized carbons (Fsp3) is 0.394. The normalized spacial score (nSPS) is 11.8. The van der Waals surface area contributed by atoms with Crippen molar-refractivity contribution in [2.45, 2.75) is 86.0 Å². The van der Waals surface area contributed by atoms with E-state index in [1.54, 1.807) is 52.0 Å². The first kappa shape index (κ1) is 39.7. The molecule has 0 fully saturated rings. The van der Waals surface area contributed by atoms with Crippen LogP contribution in [0.1, 0.15) is 72.2 Å². The number of aromatic nitrogens is 4. The maximum Gasteiger partial charge on any atom is 0.330 e. The van der Waals surface area contributed by atoms with Crippen LogP contribution in [0.25, 0.3) is 0 Å². The Bertz CT molecular complexity index is 1680. The Morgan fingerprint density at radius 1 is 0.717 bits per heavy atom. The van der Waals surface area contributed by atoms with Crippen LogP contribution in [0.15, 0.2) is 79.8 Å². The molecule has 2 aromatic heterocycles. The molecule has 0 aliphatic rings. The van der Waals surface area contributed by atoms with Gasteiger partial charge in [-0.2, -0.15) is 0 Å². The number of halogens is 3. The molecule has 10 nitrogen and oxygen atoms in total. The molecule has 0 unspecified atom stereocenters. The van der Waals surface area contributed by atoms with Crippen molar-refractivity contribution >= 4 is 17.4 Å². The number of hydrogen-bond acceptors (Lipinski definition) is 6. The Labute approximate surface area is 272 Å². The van der Waals surface area contributed by atoms with Crippen molar-refractivity contribution < 1.29 is 8.78 Å².